The quantitative estimate of drug-likeness (QED) is 0.425. The van der Waals surface area contributed by atoms with Gasteiger partial charge in [-0.3, -0.25) is 0 Å². The standard InChI is InChI=1S/C20H22N2O6/c1-4-27-20(24)22-21-12-15-7-10-17(18(11-15)25-2)28-13-14-5-8-16(9-6-14)19(23)26-3/h5-12H,4,13H2,1-3H3,(H,22,24)/b21-12+. The van der Waals surface area contributed by atoms with E-state index in [4.69, 9.17) is 14.2 Å². The highest BCUT2D eigenvalue weighted by Crippen LogP contribution is 2.28. The number of benzene rings is 2. The minimum atomic E-state index is -0.621. The monoisotopic (exact) mass is 386 g/mol. The van der Waals surface area contributed by atoms with Crippen molar-refractivity contribution in [1.82, 2.24) is 5.43 Å². The van der Waals surface area contributed by atoms with Crippen molar-refractivity contribution < 1.29 is 28.5 Å². The van der Waals surface area contributed by atoms with Crippen molar-refractivity contribution in [2.75, 3.05) is 20.8 Å². The van der Waals surface area contributed by atoms with Crippen LogP contribution in [0.3, 0.4) is 0 Å². The molecule has 1 amide bonds. The molecule has 0 unspecified atom stereocenters. The molecule has 0 saturated heterocycles. The molecule has 0 heterocycles. The normalized spacial score (nSPS) is 10.4. The molecule has 2 aromatic carbocycles. The third kappa shape index (κ3) is 6.01. The minimum absolute atomic E-state index is 0.270. The van der Waals surface area contributed by atoms with Crippen LogP contribution in [0.15, 0.2) is 47.6 Å². The van der Waals surface area contributed by atoms with Gasteiger partial charge in [-0.05, 0) is 48.4 Å². The maximum Gasteiger partial charge on any atom is 0.427 e. The Morgan fingerprint density at radius 1 is 1.07 bits per heavy atom. The molecule has 0 aliphatic carbocycles. The molecule has 2 aromatic rings. The van der Waals surface area contributed by atoms with Crippen molar-refractivity contribution in [2.45, 2.75) is 13.5 Å². The average molecular weight is 386 g/mol. The summed E-state index contributed by atoms with van der Waals surface area (Å²) in [5, 5.41) is 3.80. The number of hydrogen-bond acceptors (Lipinski definition) is 7. The third-order valence-electron chi connectivity index (χ3n) is 3.60. The van der Waals surface area contributed by atoms with Gasteiger partial charge in [0.25, 0.3) is 0 Å². The molecule has 8 nitrogen and oxygen atoms in total. The van der Waals surface area contributed by atoms with Crippen LogP contribution >= 0.6 is 0 Å². The number of carbonyl (C=O) groups is 2. The zero-order chi connectivity index (χ0) is 20.4. The van der Waals surface area contributed by atoms with Gasteiger partial charge in [0.15, 0.2) is 11.5 Å². The number of esters is 1. The van der Waals surface area contributed by atoms with E-state index in [-0.39, 0.29) is 12.6 Å². The van der Waals surface area contributed by atoms with Crippen LogP contribution in [0, 0.1) is 0 Å². The number of carbonyl (C=O) groups excluding carboxylic acids is 2. The molecule has 148 valence electrons. The lowest BCUT2D eigenvalue weighted by Crippen LogP contribution is -2.18. The molecule has 1 N–H and O–H groups in total. The third-order valence-corrected chi connectivity index (χ3v) is 3.60. The van der Waals surface area contributed by atoms with Crippen molar-refractivity contribution in [1.29, 1.82) is 0 Å². The molecule has 0 bridgehead atoms. The van der Waals surface area contributed by atoms with Crippen LogP contribution in [0.25, 0.3) is 0 Å². The molecular formula is C20H22N2O6. The summed E-state index contributed by atoms with van der Waals surface area (Å²) in [6, 6.07) is 12.2. The molecule has 0 saturated carbocycles. The summed E-state index contributed by atoms with van der Waals surface area (Å²) < 4.78 is 20.5. The smallest absolute Gasteiger partial charge is 0.427 e. The van der Waals surface area contributed by atoms with Crippen LogP contribution in [0.4, 0.5) is 4.79 Å². The summed E-state index contributed by atoms with van der Waals surface area (Å²) in [6.07, 6.45) is 0.846. The first-order valence-corrected chi connectivity index (χ1v) is 8.51. The van der Waals surface area contributed by atoms with Crippen LogP contribution in [-0.4, -0.2) is 39.1 Å². The summed E-state index contributed by atoms with van der Waals surface area (Å²) in [6.45, 7) is 2.28. The first kappa shape index (κ1) is 20.8. The van der Waals surface area contributed by atoms with Crippen molar-refractivity contribution in [3.05, 3.63) is 59.2 Å². The molecule has 0 aromatic heterocycles. The van der Waals surface area contributed by atoms with E-state index in [0.717, 1.165) is 5.56 Å². The first-order valence-electron chi connectivity index (χ1n) is 8.51. The second-order valence-corrected chi connectivity index (χ2v) is 5.48. The lowest BCUT2D eigenvalue weighted by molar-refractivity contribution is 0.0600. The van der Waals surface area contributed by atoms with Gasteiger partial charge in [-0.1, -0.05) is 12.1 Å². The maximum atomic E-state index is 11.5. The fourth-order valence-electron chi connectivity index (χ4n) is 2.22. The number of nitrogens with zero attached hydrogens (tertiary/aromatic N) is 1. The highest BCUT2D eigenvalue weighted by molar-refractivity contribution is 5.89. The summed E-state index contributed by atoms with van der Waals surface area (Å²) >= 11 is 0. The molecular weight excluding hydrogens is 364 g/mol. The minimum Gasteiger partial charge on any atom is -0.493 e. The molecule has 0 radical (unpaired) electrons. The second-order valence-electron chi connectivity index (χ2n) is 5.48. The number of hydrogen-bond donors (Lipinski definition) is 1. The summed E-state index contributed by atoms with van der Waals surface area (Å²) in [4.78, 5) is 22.6. The number of rotatable bonds is 8. The van der Waals surface area contributed by atoms with E-state index in [2.05, 4.69) is 15.3 Å². The Morgan fingerprint density at radius 2 is 1.82 bits per heavy atom. The van der Waals surface area contributed by atoms with Crippen LogP contribution < -0.4 is 14.9 Å². The Morgan fingerprint density at radius 3 is 2.46 bits per heavy atom. The average Bonchev–Trinajstić information content (AvgIpc) is 2.72. The Bertz CT molecular complexity index is 833. The predicted octanol–water partition coefficient (Wildman–Crippen LogP) is 3.14. The van der Waals surface area contributed by atoms with Gasteiger partial charge in [0, 0.05) is 0 Å². The highest BCUT2D eigenvalue weighted by Gasteiger charge is 2.08. The van der Waals surface area contributed by atoms with Crippen LogP contribution in [0.5, 0.6) is 11.5 Å². The first-order chi connectivity index (χ1) is 13.6. The van der Waals surface area contributed by atoms with Gasteiger partial charge in [-0.15, -0.1) is 0 Å². The van der Waals surface area contributed by atoms with E-state index in [1.54, 1.807) is 49.4 Å². The fourth-order valence-corrected chi connectivity index (χ4v) is 2.22. The Labute approximate surface area is 163 Å². The van der Waals surface area contributed by atoms with Crippen LogP contribution in [-0.2, 0) is 16.1 Å². The number of methoxy groups -OCH3 is 2. The SMILES string of the molecule is CCOC(=O)N/N=C/c1ccc(OCc2ccc(C(=O)OC)cc2)c(OC)c1. The van der Waals surface area contributed by atoms with E-state index in [1.165, 1.54) is 20.4 Å². The predicted molar refractivity (Wildman–Crippen MR) is 103 cm³/mol. The molecule has 8 heteroatoms. The number of hydrazone groups is 1. The maximum absolute atomic E-state index is 11.5. The lowest BCUT2D eigenvalue weighted by atomic mass is 10.1. The van der Waals surface area contributed by atoms with E-state index in [9.17, 15) is 9.59 Å². The van der Waals surface area contributed by atoms with E-state index in [1.807, 2.05) is 0 Å². The van der Waals surface area contributed by atoms with Crippen molar-refractivity contribution >= 4 is 18.3 Å². The van der Waals surface area contributed by atoms with Gasteiger partial charge < -0.3 is 18.9 Å². The number of ether oxygens (including phenoxy) is 4. The largest absolute Gasteiger partial charge is 0.493 e. The zero-order valence-corrected chi connectivity index (χ0v) is 15.9. The Balaban J connectivity index is 1.99. The zero-order valence-electron chi connectivity index (χ0n) is 15.9. The highest BCUT2D eigenvalue weighted by atomic mass is 16.6. The van der Waals surface area contributed by atoms with Crippen LogP contribution in [0.2, 0.25) is 0 Å². The fraction of sp³-hybridized carbons (Fsp3) is 0.250. The van der Waals surface area contributed by atoms with Gasteiger partial charge in [-0.2, -0.15) is 5.10 Å². The molecule has 0 aliphatic heterocycles. The summed E-state index contributed by atoms with van der Waals surface area (Å²) in [5.41, 5.74) is 4.33. The van der Waals surface area contributed by atoms with E-state index in [0.29, 0.717) is 29.2 Å². The lowest BCUT2D eigenvalue weighted by Gasteiger charge is -2.11. The molecule has 0 aliphatic rings. The van der Waals surface area contributed by atoms with Gasteiger partial charge >= 0.3 is 12.1 Å². The molecule has 2 rings (SSSR count). The van der Waals surface area contributed by atoms with E-state index >= 15 is 0 Å². The van der Waals surface area contributed by atoms with Gasteiger partial charge in [-0.25, -0.2) is 15.0 Å². The molecule has 0 fully saturated rings. The van der Waals surface area contributed by atoms with Crippen molar-refractivity contribution in [2.24, 2.45) is 5.10 Å². The number of nitrogens with one attached hydrogen (secondary N) is 1. The second kappa shape index (κ2) is 10.6. The Hall–Kier alpha value is -3.55. The van der Waals surface area contributed by atoms with Crippen molar-refractivity contribution in [3.63, 3.8) is 0 Å². The molecule has 0 atom stereocenters. The molecule has 28 heavy (non-hydrogen) atoms. The molecule has 0 spiro atoms. The summed E-state index contributed by atoms with van der Waals surface area (Å²) in [5.74, 6) is 0.685. The Kier molecular flexibility index (Phi) is 7.83. The van der Waals surface area contributed by atoms with Gasteiger partial charge in [0.1, 0.15) is 6.61 Å². The number of amides is 1. The summed E-state index contributed by atoms with van der Waals surface area (Å²) in [7, 11) is 2.87. The van der Waals surface area contributed by atoms with Gasteiger partial charge in [0.2, 0.25) is 0 Å². The van der Waals surface area contributed by atoms with E-state index < -0.39 is 6.09 Å². The van der Waals surface area contributed by atoms with Crippen molar-refractivity contribution in [3.8, 4) is 11.5 Å². The van der Waals surface area contributed by atoms with Gasteiger partial charge in [0.05, 0.1) is 32.6 Å². The van der Waals surface area contributed by atoms with Crippen LogP contribution in [0.1, 0.15) is 28.4 Å². The topological polar surface area (TPSA) is 95.5 Å².